The van der Waals surface area contributed by atoms with E-state index in [1.54, 1.807) is 0 Å². The third kappa shape index (κ3) is 2.15. The fourth-order valence-corrected chi connectivity index (χ4v) is 2.79. The molecular formula is C13H24. The van der Waals surface area contributed by atoms with Crippen LogP contribution in [0, 0.1) is 23.7 Å². The van der Waals surface area contributed by atoms with Crippen molar-refractivity contribution in [2.75, 3.05) is 0 Å². The second-order valence-electron chi connectivity index (χ2n) is 4.71. The van der Waals surface area contributed by atoms with Crippen LogP contribution < -0.4 is 0 Å². The number of allylic oxidation sites excluding steroid dienone is 1. The Labute approximate surface area is 83.4 Å². The fourth-order valence-electron chi connectivity index (χ4n) is 2.79. The predicted molar refractivity (Wildman–Crippen MR) is 59.6 cm³/mol. The van der Waals surface area contributed by atoms with E-state index in [0.717, 1.165) is 23.7 Å². The topological polar surface area (TPSA) is 0 Å². The van der Waals surface area contributed by atoms with E-state index < -0.39 is 0 Å². The smallest absolute Gasteiger partial charge is 0.0112 e. The van der Waals surface area contributed by atoms with Crippen LogP contribution in [-0.2, 0) is 0 Å². The van der Waals surface area contributed by atoms with Crippen LogP contribution in [0.3, 0.4) is 0 Å². The summed E-state index contributed by atoms with van der Waals surface area (Å²) in [4.78, 5) is 0. The Morgan fingerprint density at radius 2 is 1.92 bits per heavy atom. The SMILES string of the molecule is C=C1C(C)C1C(C)C(CC)CCC. The lowest BCUT2D eigenvalue weighted by Gasteiger charge is -2.21. The van der Waals surface area contributed by atoms with E-state index in [1.165, 1.54) is 24.8 Å². The molecule has 0 heteroatoms. The van der Waals surface area contributed by atoms with Crippen molar-refractivity contribution in [1.29, 1.82) is 0 Å². The molecule has 1 fully saturated rings. The monoisotopic (exact) mass is 180 g/mol. The Hall–Kier alpha value is -0.260. The zero-order valence-corrected chi connectivity index (χ0v) is 9.64. The van der Waals surface area contributed by atoms with Gasteiger partial charge in [-0.15, -0.1) is 0 Å². The largest absolute Gasteiger partial charge is 0.0993 e. The standard InChI is InChI=1S/C13H24/c1-6-8-12(7-2)11(5)13-9(3)10(13)4/h10-13H,3,6-8H2,1-2,4-5H3. The Balaban J connectivity index is 2.45. The Morgan fingerprint density at radius 1 is 1.38 bits per heavy atom. The highest BCUT2D eigenvalue weighted by atomic mass is 14.5. The molecule has 0 heterocycles. The average molecular weight is 180 g/mol. The van der Waals surface area contributed by atoms with E-state index in [1.807, 2.05) is 0 Å². The normalized spacial score (nSPS) is 31.5. The molecule has 13 heavy (non-hydrogen) atoms. The molecule has 0 aromatic carbocycles. The molecule has 0 saturated heterocycles. The van der Waals surface area contributed by atoms with Crippen molar-refractivity contribution in [3.63, 3.8) is 0 Å². The molecule has 0 spiro atoms. The zero-order valence-electron chi connectivity index (χ0n) is 9.64. The van der Waals surface area contributed by atoms with Crippen LogP contribution in [0.15, 0.2) is 12.2 Å². The van der Waals surface area contributed by atoms with E-state index >= 15 is 0 Å². The molecular weight excluding hydrogens is 156 g/mol. The van der Waals surface area contributed by atoms with Gasteiger partial charge in [-0.25, -0.2) is 0 Å². The van der Waals surface area contributed by atoms with Crippen molar-refractivity contribution in [1.82, 2.24) is 0 Å². The van der Waals surface area contributed by atoms with Gasteiger partial charge in [0.1, 0.15) is 0 Å². The minimum Gasteiger partial charge on any atom is -0.0993 e. The van der Waals surface area contributed by atoms with E-state index in [2.05, 4.69) is 34.3 Å². The molecule has 1 aliphatic rings. The maximum Gasteiger partial charge on any atom is -0.0112 e. The molecule has 1 saturated carbocycles. The first-order valence-electron chi connectivity index (χ1n) is 5.82. The van der Waals surface area contributed by atoms with Gasteiger partial charge >= 0.3 is 0 Å². The fraction of sp³-hybridized carbons (Fsp3) is 0.846. The molecule has 0 aliphatic heterocycles. The minimum absolute atomic E-state index is 0.806. The van der Waals surface area contributed by atoms with Gasteiger partial charge < -0.3 is 0 Å². The van der Waals surface area contributed by atoms with Gasteiger partial charge in [0.2, 0.25) is 0 Å². The Morgan fingerprint density at radius 3 is 2.23 bits per heavy atom. The van der Waals surface area contributed by atoms with E-state index in [0.29, 0.717) is 0 Å². The molecule has 0 bridgehead atoms. The molecule has 0 aromatic rings. The van der Waals surface area contributed by atoms with Gasteiger partial charge in [-0.3, -0.25) is 0 Å². The number of hydrogen-bond donors (Lipinski definition) is 0. The van der Waals surface area contributed by atoms with Gasteiger partial charge in [-0.2, -0.15) is 0 Å². The lowest BCUT2D eigenvalue weighted by Crippen LogP contribution is -2.13. The molecule has 76 valence electrons. The molecule has 0 nitrogen and oxygen atoms in total. The third-order valence-corrected chi connectivity index (χ3v) is 3.94. The summed E-state index contributed by atoms with van der Waals surface area (Å²) in [5.74, 6) is 3.45. The summed E-state index contributed by atoms with van der Waals surface area (Å²) in [5.41, 5.74) is 1.50. The highest BCUT2D eigenvalue weighted by molar-refractivity contribution is 5.25. The van der Waals surface area contributed by atoms with Crippen molar-refractivity contribution in [2.24, 2.45) is 23.7 Å². The first-order valence-corrected chi connectivity index (χ1v) is 5.82. The molecule has 4 atom stereocenters. The summed E-state index contributed by atoms with van der Waals surface area (Å²) in [6.45, 7) is 13.5. The van der Waals surface area contributed by atoms with E-state index in [-0.39, 0.29) is 0 Å². The van der Waals surface area contributed by atoms with Crippen LogP contribution in [0.2, 0.25) is 0 Å². The third-order valence-electron chi connectivity index (χ3n) is 3.94. The summed E-state index contributed by atoms with van der Waals surface area (Å²) in [6.07, 6.45) is 4.07. The quantitative estimate of drug-likeness (QED) is 0.554. The predicted octanol–water partition coefficient (Wildman–Crippen LogP) is 4.27. The summed E-state index contributed by atoms with van der Waals surface area (Å²) >= 11 is 0. The maximum absolute atomic E-state index is 4.13. The van der Waals surface area contributed by atoms with Gasteiger partial charge in [0.25, 0.3) is 0 Å². The van der Waals surface area contributed by atoms with Crippen molar-refractivity contribution in [3.05, 3.63) is 12.2 Å². The van der Waals surface area contributed by atoms with Crippen LogP contribution in [0.25, 0.3) is 0 Å². The first-order chi connectivity index (χ1) is 6.13. The lowest BCUT2D eigenvalue weighted by atomic mass is 9.84. The van der Waals surface area contributed by atoms with Gasteiger partial charge in [-0.1, -0.05) is 59.1 Å². The number of hydrogen-bond acceptors (Lipinski definition) is 0. The minimum atomic E-state index is 0.806. The summed E-state index contributed by atoms with van der Waals surface area (Å²) < 4.78 is 0. The first kappa shape index (κ1) is 10.8. The highest BCUT2D eigenvalue weighted by Crippen LogP contribution is 2.51. The Kier molecular flexibility index (Phi) is 3.58. The molecule has 0 N–H and O–H groups in total. The van der Waals surface area contributed by atoms with Gasteiger partial charge in [0.15, 0.2) is 0 Å². The zero-order chi connectivity index (χ0) is 10.0. The van der Waals surface area contributed by atoms with E-state index in [4.69, 9.17) is 0 Å². The van der Waals surface area contributed by atoms with Crippen molar-refractivity contribution >= 4 is 0 Å². The Bertz CT molecular complexity index is 180. The number of rotatable bonds is 5. The van der Waals surface area contributed by atoms with Gasteiger partial charge in [0, 0.05) is 0 Å². The van der Waals surface area contributed by atoms with Crippen LogP contribution in [0.4, 0.5) is 0 Å². The molecule has 0 aromatic heterocycles. The maximum atomic E-state index is 4.13. The van der Waals surface area contributed by atoms with Crippen molar-refractivity contribution in [2.45, 2.75) is 47.0 Å². The molecule has 0 radical (unpaired) electrons. The van der Waals surface area contributed by atoms with Gasteiger partial charge in [0.05, 0.1) is 0 Å². The van der Waals surface area contributed by atoms with Crippen LogP contribution >= 0.6 is 0 Å². The molecule has 4 unspecified atom stereocenters. The second kappa shape index (κ2) is 4.30. The summed E-state index contributed by atoms with van der Waals surface area (Å²) in [6, 6.07) is 0. The summed E-state index contributed by atoms with van der Waals surface area (Å²) in [5, 5.41) is 0. The lowest BCUT2D eigenvalue weighted by molar-refractivity contribution is 0.287. The second-order valence-corrected chi connectivity index (χ2v) is 4.71. The van der Waals surface area contributed by atoms with E-state index in [9.17, 15) is 0 Å². The summed E-state index contributed by atoms with van der Waals surface area (Å²) in [7, 11) is 0. The van der Waals surface area contributed by atoms with Crippen LogP contribution in [0.5, 0.6) is 0 Å². The highest BCUT2D eigenvalue weighted by Gasteiger charge is 2.43. The van der Waals surface area contributed by atoms with Crippen LogP contribution in [0.1, 0.15) is 47.0 Å². The van der Waals surface area contributed by atoms with Crippen molar-refractivity contribution < 1.29 is 0 Å². The van der Waals surface area contributed by atoms with Crippen LogP contribution in [-0.4, -0.2) is 0 Å². The van der Waals surface area contributed by atoms with Crippen molar-refractivity contribution in [3.8, 4) is 0 Å². The van der Waals surface area contributed by atoms with Gasteiger partial charge in [-0.05, 0) is 23.7 Å². The molecule has 0 amide bonds. The molecule has 1 aliphatic carbocycles. The molecule has 1 rings (SSSR count). The average Bonchev–Trinajstić information content (AvgIpc) is 2.70.